The number of likely N-dealkylation sites (tertiary alicyclic amines) is 1. The number of thiazole rings is 1. The number of aliphatic hydroxyl groups is 1. The van der Waals surface area contributed by atoms with E-state index in [-0.39, 0.29) is 84.7 Å². The predicted molar refractivity (Wildman–Crippen MR) is 303 cm³/mol. The van der Waals surface area contributed by atoms with E-state index in [0.717, 1.165) is 22.2 Å². The van der Waals surface area contributed by atoms with Gasteiger partial charge in [-0.1, -0.05) is 49.3 Å². The van der Waals surface area contributed by atoms with Crippen molar-refractivity contribution in [3.63, 3.8) is 0 Å². The molecule has 23 heteroatoms. The Balaban J connectivity index is 0.886. The van der Waals surface area contributed by atoms with Gasteiger partial charge >= 0.3 is 6.18 Å². The Labute approximate surface area is 476 Å². The summed E-state index contributed by atoms with van der Waals surface area (Å²) in [6.45, 7) is 12.9. The van der Waals surface area contributed by atoms with E-state index in [1.807, 2.05) is 70.8 Å². The van der Waals surface area contributed by atoms with Gasteiger partial charge in [0.1, 0.15) is 23.5 Å². The SMILES string of the molecule is Cc1cc([C@H](C(=O)N2C[C@H](O)C[C@H]2C(=O)N[C@@H](CC(=O)NCCCCCNC(=O)c2ccc(F)c(-c3ccc(N4C[C@@H](C)N(C)[C@@H](C)C4)c(NC(=O)c4c[nH]c(=O)cc4C(F)(F)F)c3)c2)c2ccc(-c3scnc3C)cc2)C(C)C)on1. The van der Waals surface area contributed by atoms with Crippen LogP contribution in [0.4, 0.5) is 28.9 Å². The number of unbranched alkanes of at least 4 members (excludes halogenated alkanes) is 2. The van der Waals surface area contributed by atoms with E-state index < -0.39 is 70.5 Å². The number of amides is 5. The Morgan fingerprint density at radius 1 is 0.878 bits per heavy atom. The standard InChI is InChI=1S/C59H68F4N10O8S/c1-32(2)53(50-21-33(3)70-81-50)58(80)73-30-41(74)24-49(73)57(79)68-46(37-11-13-38(14-12-37)54-36(6)67-31-82-54)26-52(76)64-19-9-8-10-20-65-55(77)40-15-17-45(60)42(22-40)39-16-18-48(72-28-34(4)71(7)35(5)29-72)47(23-39)69-56(78)43-27-66-51(75)25-44(43)59(61,62)63/h11-18,21-23,25,27,31-32,34-35,41,46,49,53,74H,8-10,19-20,24,26,28-30H2,1-7H3,(H,64,76)(H,65,77)(H,66,75)(H,68,79)(H,69,78)/t34-,35+,41-,46+,49+,53-/m1/s1. The molecule has 82 heavy (non-hydrogen) atoms. The van der Waals surface area contributed by atoms with Crippen molar-refractivity contribution in [3.8, 4) is 21.6 Å². The molecule has 6 N–H and O–H groups in total. The first kappa shape index (κ1) is 60.3. The molecule has 436 valence electrons. The number of hydrogen-bond acceptors (Lipinski definition) is 13. The number of hydrogen-bond donors (Lipinski definition) is 6. The predicted octanol–water partition coefficient (Wildman–Crippen LogP) is 8.37. The highest BCUT2D eigenvalue weighted by molar-refractivity contribution is 7.13. The number of rotatable bonds is 20. The minimum absolute atomic E-state index is 0.00118. The highest BCUT2D eigenvalue weighted by Gasteiger charge is 2.44. The molecule has 2 aliphatic heterocycles. The van der Waals surface area contributed by atoms with Gasteiger partial charge in [0.25, 0.3) is 11.8 Å². The van der Waals surface area contributed by atoms with Gasteiger partial charge in [0.05, 0.1) is 62.8 Å². The number of carbonyl (C=O) groups excluding carboxylic acids is 5. The van der Waals surface area contributed by atoms with E-state index in [9.17, 15) is 47.0 Å². The number of nitrogens with one attached hydrogen (secondary N) is 5. The number of halogens is 4. The van der Waals surface area contributed by atoms with Crippen molar-refractivity contribution in [2.75, 3.05) is 50.0 Å². The van der Waals surface area contributed by atoms with Crippen LogP contribution in [-0.4, -0.2) is 124 Å². The Morgan fingerprint density at radius 3 is 2.22 bits per heavy atom. The lowest BCUT2D eigenvalue weighted by Crippen LogP contribution is -2.55. The molecule has 0 spiro atoms. The number of benzene rings is 3. The summed E-state index contributed by atoms with van der Waals surface area (Å²) in [5.74, 6) is -4.16. The molecule has 2 aliphatic rings. The fourth-order valence-corrected chi connectivity index (χ4v) is 11.4. The van der Waals surface area contributed by atoms with E-state index in [0.29, 0.717) is 67.3 Å². The topological polar surface area (TPSA) is 235 Å². The highest BCUT2D eigenvalue weighted by Crippen LogP contribution is 2.38. The smallest absolute Gasteiger partial charge is 0.391 e. The van der Waals surface area contributed by atoms with Crippen LogP contribution >= 0.6 is 11.3 Å². The number of aryl methyl sites for hydroxylation is 2. The van der Waals surface area contributed by atoms with Crippen molar-refractivity contribution in [1.82, 2.24) is 40.9 Å². The largest absolute Gasteiger partial charge is 0.417 e. The Hall–Kier alpha value is -7.76. The summed E-state index contributed by atoms with van der Waals surface area (Å²) in [5, 5.41) is 26.2. The molecule has 0 saturated carbocycles. The van der Waals surface area contributed by atoms with Gasteiger partial charge in [0.2, 0.25) is 23.3 Å². The zero-order chi connectivity index (χ0) is 59.2. The monoisotopic (exact) mass is 1150 g/mol. The molecule has 6 aromatic rings. The lowest BCUT2D eigenvalue weighted by atomic mass is 9.91. The first-order valence-corrected chi connectivity index (χ1v) is 28.1. The summed E-state index contributed by atoms with van der Waals surface area (Å²) in [6, 6.07) is 16.3. The number of alkyl halides is 3. The van der Waals surface area contributed by atoms with Gasteiger partial charge < -0.3 is 45.7 Å². The molecule has 6 atom stereocenters. The van der Waals surface area contributed by atoms with Gasteiger partial charge in [0.15, 0.2) is 0 Å². The Morgan fingerprint density at radius 2 is 1.57 bits per heavy atom. The minimum atomic E-state index is -5.02. The second-order valence-electron chi connectivity index (χ2n) is 21.6. The summed E-state index contributed by atoms with van der Waals surface area (Å²) < 4.78 is 63.3. The zero-order valence-corrected chi connectivity index (χ0v) is 47.5. The number of aliphatic hydroxyl groups excluding tert-OH is 1. The second-order valence-corrected chi connectivity index (χ2v) is 22.4. The molecule has 8 rings (SSSR count). The van der Waals surface area contributed by atoms with Crippen molar-refractivity contribution in [2.45, 2.75) is 116 Å². The number of anilines is 2. The van der Waals surface area contributed by atoms with E-state index >= 15 is 4.39 Å². The van der Waals surface area contributed by atoms with Crippen LogP contribution in [0.2, 0.25) is 0 Å². The maximum atomic E-state index is 15.7. The number of likely N-dealkylation sites (N-methyl/N-ethyl adjacent to an activating group) is 1. The summed E-state index contributed by atoms with van der Waals surface area (Å²) >= 11 is 1.49. The average Bonchev–Trinajstić information content (AvgIpc) is 4.32. The number of β-amino-alcohol motifs (C(OH)–C–C–N with tert-alkyl or cyclic N) is 1. The van der Waals surface area contributed by atoms with E-state index in [1.54, 1.807) is 30.6 Å². The van der Waals surface area contributed by atoms with E-state index in [2.05, 4.69) is 41.3 Å². The molecule has 0 unspecified atom stereocenters. The fourth-order valence-electron chi connectivity index (χ4n) is 10.6. The maximum Gasteiger partial charge on any atom is 0.417 e. The van der Waals surface area contributed by atoms with Crippen LogP contribution in [0, 0.1) is 25.6 Å². The molecule has 0 aliphatic carbocycles. The van der Waals surface area contributed by atoms with Crippen LogP contribution in [0.1, 0.15) is 121 Å². The number of carbonyl (C=O) groups is 5. The summed E-state index contributed by atoms with van der Waals surface area (Å²) in [6.07, 6.45) is -3.73. The van der Waals surface area contributed by atoms with Gasteiger partial charge in [-0.2, -0.15) is 13.2 Å². The van der Waals surface area contributed by atoms with E-state index in [4.69, 9.17) is 4.52 Å². The van der Waals surface area contributed by atoms with Gasteiger partial charge in [-0.05, 0) is 107 Å². The summed E-state index contributed by atoms with van der Waals surface area (Å²) in [4.78, 5) is 94.0. The molecule has 0 radical (unpaired) electrons. The molecule has 3 aromatic heterocycles. The molecule has 2 saturated heterocycles. The first-order valence-electron chi connectivity index (χ1n) is 27.3. The van der Waals surface area contributed by atoms with Crippen molar-refractivity contribution in [2.24, 2.45) is 5.92 Å². The van der Waals surface area contributed by atoms with Crippen molar-refractivity contribution < 1.29 is 51.2 Å². The molecule has 3 aromatic carbocycles. The third kappa shape index (κ3) is 14.3. The zero-order valence-electron chi connectivity index (χ0n) is 46.7. The number of nitrogens with zero attached hydrogens (tertiary/aromatic N) is 5. The van der Waals surface area contributed by atoms with Crippen molar-refractivity contribution in [1.29, 1.82) is 0 Å². The normalized spacial score (nSPS) is 18.3. The molecule has 5 amide bonds. The average molecular weight is 1150 g/mol. The number of pyridine rings is 1. The lowest BCUT2D eigenvalue weighted by molar-refractivity contribution is -0.141. The van der Waals surface area contributed by atoms with Gasteiger partial charge in [-0.15, -0.1) is 11.3 Å². The quantitative estimate of drug-likeness (QED) is 0.0313. The number of aromatic amines is 1. The van der Waals surface area contributed by atoms with Crippen LogP contribution in [0.15, 0.2) is 93.8 Å². The number of aromatic nitrogens is 3. The summed E-state index contributed by atoms with van der Waals surface area (Å²) in [7, 11) is 1.98. The van der Waals surface area contributed by atoms with Gasteiger partial charge in [-0.25, -0.2) is 9.37 Å². The maximum absolute atomic E-state index is 15.7. The molecular formula is C59H68F4N10O8S. The third-order valence-corrected chi connectivity index (χ3v) is 16.2. The van der Waals surface area contributed by atoms with Crippen LogP contribution in [0.5, 0.6) is 0 Å². The Bertz CT molecular complexity index is 3330. The van der Waals surface area contributed by atoms with Crippen LogP contribution in [0.25, 0.3) is 21.6 Å². The molecular weight excluding hydrogens is 1080 g/mol. The van der Waals surface area contributed by atoms with Crippen LogP contribution in [-0.2, 0) is 20.6 Å². The van der Waals surface area contributed by atoms with Gasteiger partial charge in [-0.3, -0.25) is 33.7 Å². The minimum Gasteiger partial charge on any atom is -0.391 e. The van der Waals surface area contributed by atoms with Crippen molar-refractivity contribution >= 4 is 52.2 Å². The number of H-pyrrole nitrogens is 1. The molecule has 2 fully saturated rings. The third-order valence-electron chi connectivity index (χ3n) is 15.2. The molecule has 0 bridgehead atoms. The first-order chi connectivity index (χ1) is 39.0. The Kier molecular flexibility index (Phi) is 19.1. The van der Waals surface area contributed by atoms with Crippen LogP contribution in [0.3, 0.4) is 0 Å². The fraction of sp³-hybridized carbons (Fsp3) is 0.424. The summed E-state index contributed by atoms with van der Waals surface area (Å²) in [5.41, 5.74) is 2.46. The van der Waals surface area contributed by atoms with E-state index in [1.165, 1.54) is 34.4 Å². The van der Waals surface area contributed by atoms with Gasteiger partial charge in [0, 0.05) is 80.7 Å². The van der Waals surface area contributed by atoms with Crippen LogP contribution < -0.4 is 31.7 Å². The van der Waals surface area contributed by atoms with Crippen molar-refractivity contribution in [3.05, 3.63) is 140 Å². The number of piperazine rings is 1. The lowest BCUT2D eigenvalue weighted by Gasteiger charge is -2.44. The highest BCUT2D eigenvalue weighted by atomic mass is 32.1. The molecule has 5 heterocycles. The second kappa shape index (κ2) is 26.0. The molecule has 18 nitrogen and oxygen atoms in total.